The molecular weight excluding hydrogens is 208 g/mol. The number of aliphatic carboxylic acids is 1. The van der Waals surface area contributed by atoms with E-state index in [-0.39, 0.29) is 5.56 Å². The van der Waals surface area contributed by atoms with E-state index in [9.17, 15) is 9.59 Å². The minimum absolute atomic E-state index is 0.343. The third-order valence-corrected chi connectivity index (χ3v) is 2.49. The van der Waals surface area contributed by atoms with Gasteiger partial charge in [0.2, 0.25) is 0 Å². The van der Waals surface area contributed by atoms with Crippen molar-refractivity contribution in [3.05, 3.63) is 40.9 Å². The van der Waals surface area contributed by atoms with Crippen molar-refractivity contribution in [3.63, 3.8) is 0 Å². The summed E-state index contributed by atoms with van der Waals surface area (Å²) in [5, 5.41) is 9.37. The Kier molecular flexibility index (Phi) is 2.44. The molecule has 0 saturated heterocycles. The second-order valence-electron chi connectivity index (χ2n) is 3.49. The Hall–Kier alpha value is -2.17. The summed E-state index contributed by atoms with van der Waals surface area (Å²) >= 11 is 0. The quantitative estimate of drug-likeness (QED) is 0.817. The van der Waals surface area contributed by atoms with Gasteiger partial charge < -0.3 is 9.67 Å². The molecule has 0 amide bonds. The van der Waals surface area contributed by atoms with Gasteiger partial charge in [0.05, 0.1) is 10.9 Å². The van der Waals surface area contributed by atoms with Gasteiger partial charge in [0.25, 0.3) is 5.56 Å². The van der Waals surface area contributed by atoms with E-state index < -0.39 is 12.0 Å². The highest BCUT2D eigenvalue weighted by Gasteiger charge is 2.15. The molecule has 1 unspecified atom stereocenters. The number of rotatable bonds is 2. The zero-order valence-electron chi connectivity index (χ0n) is 8.62. The van der Waals surface area contributed by atoms with Gasteiger partial charge in [-0.25, -0.2) is 4.79 Å². The third-order valence-electron chi connectivity index (χ3n) is 2.49. The van der Waals surface area contributed by atoms with Gasteiger partial charge in [0, 0.05) is 0 Å². The second kappa shape index (κ2) is 3.77. The molecule has 82 valence electrons. The first-order valence-corrected chi connectivity index (χ1v) is 4.80. The predicted octanol–water partition coefficient (Wildman–Crippen LogP) is 1.04. The number of aromatic nitrogens is 2. The van der Waals surface area contributed by atoms with Crippen LogP contribution in [-0.2, 0) is 4.79 Å². The molecule has 1 heterocycles. The Labute approximate surface area is 91.0 Å². The van der Waals surface area contributed by atoms with E-state index in [1.807, 2.05) is 0 Å². The molecule has 0 aliphatic heterocycles. The highest BCUT2D eigenvalue weighted by Crippen LogP contribution is 2.14. The number of benzene rings is 1. The van der Waals surface area contributed by atoms with Gasteiger partial charge >= 0.3 is 5.97 Å². The fourth-order valence-electron chi connectivity index (χ4n) is 1.55. The number of para-hydroxylation sites is 1. The lowest BCUT2D eigenvalue weighted by atomic mass is 10.2. The zero-order chi connectivity index (χ0) is 11.7. The molecule has 5 heteroatoms. The van der Waals surface area contributed by atoms with Crippen molar-refractivity contribution in [2.24, 2.45) is 0 Å². The van der Waals surface area contributed by atoms with Gasteiger partial charge in [0.1, 0.15) is 12.4 Å². The van der Waals surface area contributed by atoms with Gasteiger partial charge in [-0.05, 0) is 19.1 Å². The van der Waals surface area contributed by atoms with Crippen molar-refractivity contribution in [1.82, 2.24) is 9.55 Å². The monoisotopic (exact) mass is 218 g/mol. The van der Waals surface area contributed by atoms with E-state index in [1.165, 1.54) is 10.9 Å². The topological polar surface area (TPSA) is 72.2 Å². The van der Waals surface area contributed by atoms with Crippen LogP contribution in [-0.4, -0.2) is 20.6 Å². The first kappa shape index (κ1) is 10.4. The minimum Gasteiger partial charge on any atom is -0.480 e. The smallest absolute Gasteiger partial charge is 0.326 e. The van der Waals surface area contributed by atoms with Crippen LogP contribution in [0.4, 0.5) is 0 Å². The summed E-state index contributed by atoms with van der Waals surface area (Å²) in [6.45, 7) is 1.54. The summed E-state index contributed by atoms with van der Waals surface area (Å²) in [6.07, 6.45) is 1.27. The van der Waals surface area contributed by atoms with Crippen molar-refractivity contribution in [3.8, 4) is 0 Å². The van der Waals surface area contributed by atoms with Crippen LogP contribution < -0.4 is 5.56 Å². The van der Waals surface area contributed by atoms with Crippen LogP contribution in [0.3, 0.4) is 0 Å². The zero-order valence-corrected chi connectivity index (χ0v) is 8.62. The molecule has 1 aromatic carbocycles. The van der Waals surface area contributed by atoms with Gasteiger partial charge in [-0.2, -0.15) is 4.98 Å². The van der Waals surface area contributed by atoms with E-state index in [4.69, 9.17) is 5.11 Å². The summed E-state index contributed by atoms with van der Waals surface area (Å²) in [5.74, 6) is -0.962. The Morgan fingerprint density at radius 1 is 1.44 bits per heavy atom. The third kappa shape index (κ3) is 1.56. The molecule has 5 nitrogen and oxygen atoms in total. The average molecular weight is 218 g/mol. The molecule has 0 aliphatic carbocycles. The van der Waals surface area contributed by atoms with Gasteiger partial charge in [-0.15, -0.1) is 0 Å². The van der Waals surface area contributed by atoms with Crippen LogP contribution in [0, 0.1) is 0 Å². The molecule has 1 atom stereocenters. The molecule has 1 aromatic heterocycles. The highest BCUT2D eigenvalue weighted by atomic mass is 16.4. The number of hydrogen-bond donors (Lipinski definition) is 1. The molecule has 0 saturated carbocycles. The number of carbonyl (C=O) groups is 1. The first-order chi connectivity index (χ1) is 7.61. The second-order valence-corrected chi connectivity index (χ2v) is 3.49. The van der Waals surface area contributed by atoms with Crippen molar-refractivity contribution in [1.29, 1.82) is 0 Å². The van der Waals surface area contributed by atoms with Gasteiger partial charge in [-0.3, -0.25) is 4.79 Å². The first-order valence-electron chi connectivity index (χ1n) is 4.80. The van der Waals surface area contributed by atoms with Crippen LogP contribution in [0.1, 0.15) is 13.0 Å². The molecule has 0 bridgehead atoms. The molecule has 16 heavy (non-hydrogen) atoms. The molecule has 2 aromatic rings. The summed E-state index contributed by atoms with van der Waals surface area (Å²) in [5.41, 5.74) is 0.238. The van der Waals surface area contributed by atoms with E-state index in [0.29, 0.717) is 10.9 Å². The van der Waals surface area contributed by atoms with E-state index in [0.717, 1.165) is 0 Å². The molecule has 2 rings (SSSR count). The number of fused-ring (bicyclic) bond motifs is 1. The molecule has 0 radical (unpaired) electrons. The SMILES string of the molecule is CC(C(=O)O)n1cnc(=O)c2ccccc21. The Balaban J connectivity index is 2.77. The number of nitrogens with zero attached hydrogens (tertiary/aromatic N) is 2. The van der Waals surface area contributed by atoms with Crippen molar-refractivity contribution in [2.75, 3.05) is 0 Å². The summed E-state index contributed by atoms with van der Waals surface area (Å²) < 4.78 is 1.47. The lowest BCUT2D eigenvalue weighted by Crippen LogP contribution is -2.20. The maximum Gasteiger partial charge on any atom is 0.326 e. The van der Waals surface area contributed by atoms with Crippen LogP contribution in [0.25, 0.3) is 10.9 Å². The van der Waals surface area contributed by atoms with Crippen molar-refractivity contribution < 1.29 is 9.90 Å². The lowest BCUT2D eigenvalue weighted by Gasteiger charge is -2.13. The summed E-state index contributed by atoms with van der Waals surface area (Å²) in [7, 11) is 0. The molecule has 0 spiro atoms. The highest BCUT2D eigenvalue weighted by molar-refractivity contribution is 5.80. The van der Waals surface area contributed by atoms with Gasteiger partial charge in [-0.1, -0.05) is 12.1 Å². The fourth-order valence-corrected chi connectivity index (χ4v) is 1.55. The Morgan fingerprint density at radius 3 is 2.81 bits per heavy atom. The molecule has 1 N–H and O–H groups in total. The maximum absolute atomic E-state index is 11.5. The summed E-state index contributed by atoms with van der Waals surface area (Å²) in [4.78, 5) is 26.0. The van der Waals surface area contributed by atoms with E-state index in [2.05, 4.69) is 4.98 Å². The van der Waals surface area contributed by atoms with Gasteiger partial charge in [0.15, 0.2) is 0 Å². The van der Waals surface area contributed by atoms with Crippen LogP contribution in [0.5, 0.6) is 0 Å². The normalized spacial score (nSPS) is 12.6. The van der Waals surface area contributed by atoms with Crippen molar-refractivity contribution >= 4 is 16.9 Å². The van der Waals surface area contributed by atoms with Crippen LogP contribution in [0.15, 0.2) is 35.4 Å². The predicted molar refractivity (Wildman–Crippen MR) is 58.3 cm³/mol. The standard InChI is InChI=1S/C11H10N2O3/c1-7(11(15)16)13-6-12-10(14)8-4-2-3-5-9(8)13/h2-7H,1H3,(H,15,16). The minimum atomic E-state index is -0.962. The van der Waals surface area contributed by atoms with E-state index in [1.54, 1.807) is 31.2 Å². The van der Waals surface area contributed by atoms with Crippen molar-refractivity contribution in [2.45, 2.75) is 13.0 Å². The fraction of sp³-hybridized carbons (Fsp3) is 0.182. The Bertz CT molecular complexity index is 603. The molecule has 0 fully saturated rings. The Morgan fingerprint density at radius 2 is 2.12 bits per heavy atom. The molecular formula is C11H10N2O3. The largest absolute Gasteiger partial charge is 0.480 e. The number of carboxylic acid groups (broad SMARTS) is 1. The number of carboxylic acids is 1. The summed E-state index contributed by atoms with van der Waals surface area (Å²) in [6, 6.07) is 6.07. The number of hydrogen-bond acceptors (Lipinski definition) is 3. The maximum atomic E-state index is 11.5. The molecule has 0 aliphatic rings. The van der Waals surface area contributed by atoms with E-state index >= 15 is 0 Å². The lowest BCUT2D eigenvalue weighted by molar-refractivity contribution is -0.140. The average Bonchev–Trinajstić information content (AvgIpc) is 2.29. The van der Waals surface area contributed by atoms with Crippen LogP contribution >= 0.6 is 0 Å². The van der Waals surface area contributed by atoms with Crippen LogP contribution in [0.2, 0.25) is 0 Å².